The second-order valence-electron chi connectivity index (χ2n) is 0.991. The molecular weight excluding hydrogens is 134 g/mol. The van der Waals surface area contributed by atoms with Crippen molar-refractivity contribution in [3.05, 3.63) is 21.8 Å². The van der Waals surface area contributed by atoms with E-state index in [2.05, 4.69) is 0 Å². The molecule has 0 spiro atoms. The topological polar surface area (TPSA) is 22.0 Å². The van der Waals surface area contributed by atoms with E-state index >= 15 is 0 Å². The Hall–Kier alpha value is -0.280. The molecule has 1 rings (SSSR count). The van der Waals surface area contributed by atoms with E-state index in [1.165, 1.54) is 17.6 Å². The highest BCUT2D eigenvalue weighted by molar-refractivity contribution is 7.06. The highest BCUT2D eigenvalue weighted by Crippen LogP contribution is 1.91. The van der Waals surface area contributed by atoms with Crippen molar-refractivity contribution in [2.24, 2.45) is 0 Å². The van der Waals surface area contributed by atoms with E-state index in [4.69, 9.17) is 11.8 Å². The molecule has 1 heterocycles. The van der Waals surface area contributed by atoms with Gasteiger partial charge in [0.1, 0.15) is 0 Å². The zero-order valence-electron chi connectivity index (χ0n) is 3.30. The molecule has 0 atom stereocenters. The molecule has 0 amide bonds. The third-order valence-electron chi connectivity index (χ3n) is 0.537. The smallest absolute Gasteiger partial charge is 0.267 e. The Morgan fingerprint density at radius 1 is 1.86 bits per heavy atom. The number of hydrogen-bond acceptors (Lipinski definition) is 2. The molecule has 2 nitrogen and oxygen atoms in total. The molecule has 0 aliphatic rings. The summed E-state index contributed by atoms with van der Waals surface area (Å²) in [6, 6.07) is 1.41. The van der Waals surface area contributed by atoms with Crippen LogP contribution >= 0.6 is 23.3 Å². The molecule has 0 bridgehead atoms. The lowest BCUT2D eigenvalue weighted by molar-refractivity contribution is 1.31. The molecule has 0 saturated heterocycles. The number of hydrogen-bond donors (Lipinski definition) is 0. The first kappa shape index (κ1) is 4.87. The Balaban J connectivity index is 3.39. The van der Waals surface area contributed by atoms with Gasteiger partial charge in [0, 0.05) is 23.2 Å². The van der Waals surface area contributed by atoms with Crippen LogP contribution in [0.5, 0.6) is 0 Å². The highest BCUT2D eigenvalue weighted by Gasteiger charge is 1.85. The minimum Gasteiger partial charge on any atom is -0.267 e. The van der Waals surface area contributed by atoms with E-state index in [1.807, 2.05) is 0 Å². The van der Waals surface area contributed by atoms with Gasteiger partial charge in [0.2, 0.25) is 0 Å². The van der Waals surface area contributed by atoms with Gasteiger partial charge in [0.25, 0.3) is 5.56 Å². The zero-order chi connectivity index (χ0) is 5.28. The third kappa shape index (κ3) is 0.838. The van der Waals surface area contributed by atoms with Crippen LogP contribution in [0, 0.1) is 0 Å². The maximum atomic E-state index is 10.3. The summed E-state index contributed by atoms with van der Waals surface area (Å²) in [6.07, 6.45) is 0. The molecule has 0 aromatic carbocycles. The van der Waals surface area contributed by atoms with Crippen LogP contribution in [0.2, 0.25) is 0 Å². The summed E-state index contributed by atoms with van der Waals surface area (Å²) in [6.45, 7) is 0. The molecule has 1 aromatic rings. The van der Waals surface area contributed by atoms with E-state index in [1.54, 1.807) is 5.38 Å². The first-order valence-electron chi connectivity index (χ1n) is 1.64. The molecule has 0 aliphatic carbocycles. The lowest BCUT2D eigenvalue weighted by atomic mass is 10.8. The fraction of sp³-hybridized carbons (Fsp3) is 0. The molecule has 0 fully saturated rings. The Bertz CT molecular complexity index is 203. The molecule has 0 N–H and O–H groups in total. The van der Waals surface area contributed by atoms with Gasteiger partial charge < -0.3 is 0 Å². The summed E-state index contributed by atoms with van der Waals surface area (Å²) in [4.78, 5) is 10.3. The largest absolute Gasteiger partial charge is 0.275 e. The van der Waals surface area contributed by atoms with Gasteiger partial charge in [-0.05, 0) is 11.5 Å². The first-order valence-corrected chi connectivity index (χ1v) is 2.81. The normalized spacial score (nSPS) is 9.29. The molecule has 0 unspecified atom stereocenters. The molecule has 38 valence electrons. The molecule has 0 radical (unpaired) electrons. The Morgan fingerprint density at radius 2 is 2.57 bits per heavy atom. The van der Waals surface area contributed by atoms with E-state index in [9.17, 15) is 4.79 Å². The van der Waals surface area contributed by atoms with E-state index in [0.717, 1.165) is 3.48 Å². The van der Waals surface area contributed by atoms with Gasteiger partial charge in [-0.2, -0.15) is 3.48 Å². The zero-order valence-corrected chi connectivity index (χ0v) is 4.87. The molecule has 4 heteroatoms. The molecule has 7 heavy (non-hydrogen) atoms. The number of nitrogens with zero attached hydrogens (tertiary/aromatic N) is 1. The van der Waals surface area contributed by atoms with Crippen LogP contribution in [-0.2, 0) is 0 Å². The lowest BCUT2D eigenvalue weighted by Crippen LogP contribution is -2.00. The number of rotatable bonds is 0. The second kappa shape index (κ2) is 1.68. The van der Waals surface area contributed by atoms with Crippen molar-refractivity contribution in [2.75, 3.05) is 0 Å². The van der Waals surface area contributed by atoms with Crippen molar-refractivity contribution in [2.45, 2.75) is 0 Å². The SMILES string of the molecule is O=c1ccsn1Cl. The summed E-state index contributed by atoms with van der Waals surface area (Å²) in [5.41, 5.74) is -0.160. The highest BCUT2D eigenvalue weighted by atomic mass is 35.5. The van der Waals surface area contributed by atoms with Gasteiger partial charge in [-0.25, -0.2) is 0 Å². The number of halogens is 1. The first-order chi connectivity index (χ1) is 3.30. The monoisotopic (exact) mass is 135 g/mol. The lowest BCUT2D eigenvalue weighted by Gasteiger charge is -1.71. The van der Waals surface area contributed by atoms with Gasteiger partial charge in [-0.15, -0.1) is 0 Å². The minimum atomic E-state index is -0.160. The van der Waals surface area contributed by atoms with Crippen molar-refractivity contribution in [1.29, 1.82) is 0 Å². The predicted octanol–water partition coefficient (Wildman–Crippen LogP) is 0.912. The van der Waals surface area contributed by atoms with Gasteiger partial charge in [-0.3, -0.25) is 4.79 Å². The van der Waals surface area contributed by atoms with Gasteiger partial charge in [-0.1, -0.05) is 0 Å². The fourth-order valence-corrected chi connectivity index (χ4v) is 0.896. The average Bonchev–Trinajstić information content (AvgIpc) is 1.91. The standard InChI is InChI=1S/C3H2ClNOS/c4-5-3(6)1-2-7-5/h1-2H. The van der Waals surface area contributed by atoms with E-state index < -0.39 is 0 Å². The maximum absolute atomic E-state index is 10.3. The van der Waals surface area contributed by atoms with E-state index in [-0.39, 0.29) is 5.56 Å². The van der Waals surface area contributed by atoms with Crippen molar-refractivity contribution < 1.29 is 0 Å². The Kier molecular flexibility index (Phi) is 1.17. The predicted molar refractivity (Wildman–Crippen MR) is 29.8 cm³/mol. The Morgan fingerprint density at radius 3 is 2.71 bits per heavy atom. The summed E-state index contributed by atoms with van der Waals surface area (Å²) >= 11 is 6.42. The maximum Gasteiger partial charge on any atom is 0.275 e. The quantitative estimate of drug-likeness (QED) is 0.519. The van der Waals surface area contributed by atoms with Crippen LogP contribution in [0.1, 0.15) is 0 Å². The van der Waals surface area contributed by atoms with Crippen molar-refractivity contribution in [3.8, 4) is 0 Å². The number of aromatic nitrogens is 1. The van der Waals surface area contributed by atoms with E-state index in [0.29, 0.717) is 0 Å². The molecular formula is C3H2ClNOS. The van der Waals surface area contributed by atoms with Crippen LogP contribution in [0.25, 0.3) is 0 Å². The fourth-order valence-electron chi connectivity index (χ4n) is 0.253. The van der Waals surface area contributed by atoms with Crippen molar-refractivity contribution in [3.63, 3.8) is 0 Å². The Labute approximate surface area is 49.2 Å². The van der Waals surface area contributed by atoms with Crippen molar-refractivity contribution >= 4 is 23.3 Å². The van der Waals surface area contributed by atoms with Crippen LogP contribution in [0.15, 0.2) is 16.2 Å². The summed E-state index contributed by atoms with van der Waals surface area (Å²) in [7, 11) is 0. The molecule has 0 saturated carbocycles. The average molecular weight is 136 g/mol. The van der Waals surface area contributed by atoms with Gasteiger partial charge >= 0.3 is 0 Å². The molecule has 0 aliphatic heterocycles. The summed E-state index contributed by atoms with van der Waals surface area (Å²) in [5.74, 6) is 0. The third-order valence-corrected chi connectivity index (χ3v) is 1.57. The van der Waals surface area contributed by atoms with Crippen LogP contribution in [0.3, 0.4) is 0 Å². The summed E-state index contributed by atoms with van der Waals surface area (Å²) in [5, 5.41) is 1.63. The van der Waals surface area contributed by atoms with Crippen LogP contribution < -0.4 is 5.56 Å². The summed E-state index contributed by atoms with van der Waals surface area (Å²) < 4.78 is 1.04. The molecule has 1 aromatic heterocycles. The van der Waals surface area contributed by atoms with Gasteiger partial charge in [0.05, 0.1) is 0 Å². The van der Waals surface area contributed by atoms with Crippen molar-refractivity contribution in [1.82, 2.24) is 3.48 Å². The second-order valence-corrected chi connectivity index (χ2v) is 2.38. The van der Waals surface area contributed by atoms with Crippen LogP contribution in [-0.4, -0.2) is 3.48 Å². The van der Waals surface area contributed by atoms with Gasteiger partial charge in [0.15, 0.2) is 0 Å². The minimum absolute atomic E-state index is 0.160. The van der Waals surface area contributed by atoms with Crippen LogP contribution in [0.4, 0.5) is 0 Å².